The molecule has 0 spiro atoms. The molecule has 0 aliphatic heterocycles. The molecule has 0 aromatic heterocycles. The molecule has 0 heterocycles. The van der Waals surface area contributed by atoms with E-state index in [9.17, 15) is 18.0 Å². The van der Waals surface area contributed by atoms with Gasteiger partial charge in [0.15, 0.2) is 0 Å². The molecule has 7 heteroatoms. The molecule has 0 saturated heterocycles. The van der Waals surface area contributed by atoms with E-state index in [4.69, 9.17) is 11.5 Å². The molecule has 0 fully saturated rings. The fraction of sp³-hybridized carbons (Fsp3) is 0.222. The molecule has 1 aromatic rings. The van der Waals surface area contributed by atoms with Gasteiger partial charge in [0, 0.05) is 5.56 Å². The lowest BCUT2D eigenvalue weighted by atomic mass is 10.1. The van der Waals surface area contributed by atoms with Gasteiger partial charge in [0.25, 0.3) is 0 Å². The Kier molecular flexibility index (Phi) is 3.26. The monoisotopic (exact) mass is 233 g/mol. The van der Waals surface area contributed by atoms with Gasteiger partial charge in [-0.2, -0.15) is 13.2 Å². The second-order valence-electron chi connectivity index (χ2n) is 3.14. The van der Waals surface area contributed by atoms with Crippen molar-refractivity contribution in [1.82, 2.24) is 0 Å². The van der Waals surface area contributed by atoms with Crippen molar-refractivity contribution in [2.75, 3.05) is 17.6 Å². The number of hydrogen-bond acceptors (Lipinski definition) is 3. The van der Waals surface area contributed by atoms with Gasteiger partial charge in [-0.3, -0.25) is 4.79 Å². The molecule has 1 amide bonds. The summed E-state index contributed by atoms with van der Waals surface area (Å²) in [7, 11) is 0. The number of carbonyl (C=O) groups excluding carboxylic acids is 1. The second-order valence-corrected chi connectivity index (χ2v) is 3.14. The summed E-state index contributed by atoms with van der Waals surface area (Å²) in [6, 6.07) is 3.85. The zero-order valence-electron chi connectivity index (χ0n) is 8.14. The van der Waals surface area contributed by atoms with E-state index >= 15 is 0 Å². The molecule has 0 atom stereocenters. The Morgan fingerprint density at radius 3 is 2.50 bits per heavy atom. The number of nitrogen functional groups attached to an aromatic ring is 1. The number of nitrogens with one attached hydrogen (secondary N) is 1. The van der Waals surface area contributed by atoms with E-state index in [1.54, 1.807) is 0 Å². The minimum atomic E-state index is -4.35. The largest absolute Gasteiger partial charge is 0.405 e. The highest BCUT2D eigenvalue weighted by molar-refractivity contribution is 5.94. The summed E-state index contributed by atoms with van der Waals surface area (Å²) >= 11 is 0. The predicted molar refractivity (Wildman–Crippen MR) is 53.9 cm³/mol. The van der Waals surface area contributed by atoms with Crippen LogP contribution in [0.2, 0.25) is 0 Å². The number of benzene rings is 1. The van der Waals surface area contributed by atoms with Gasteiger partial charge in [-0.05, 0) is 18.2 Å². The first kappa shape index (κ1) is 12.2. The summed E-state index contributed by atoms with van der Waals surface area (Å²) in [6.07, 6.45) is -4.35. The van der Waals surface area contributed by atoms with Gasteiger partial charge in [0.2, 0.25) is 5.91 Å². The Morgan fingerprint density at radius 1 is 1.38 bits per heavy atom. The van der Waals surface area contributed by atoms with Crippen LogP contribution in [0.5, 0.6) is 0 Å². The Labute approximate surface area is 89.4 Å². The third-order valence-electron chi connectivity index (χ3n) is 1.82. The maximum atomic E-state index is 11.9. The summed E-state index contributed by atoms with van der Waals surface area (Å²) < 4.78 is 35.8. The first-order chi connectivity index (χ1) is 7.29. The molecule has 0 aliphatic rings. The Bertz CT molecular complexity index is 403. The maximum absolute atomic E-state index is 11.9. The molecule has 0 unspecified atom stereocenters. The van der Waals surface area contributed by atoms with Gasteiger partial charge in [0.05, 0.1) is 11.4 Å². The number of anilines is 2. The van der Waals surface area contributed by atoms with Crippen LogP contribution in [-0.4, -0.2) is 18.6 Å². The summed E-state index contributed by atoms with van der Waals surface area (Å²) in [6.45, 7) is -1.22. The van der Waals surface area contributed by atoms with E-state index in [0.717, 1.165) is 0 Å². The van der Waals surface area contributed by atoms with Crippen molar-refractivity contribution >= 4 is 17.3 Å². The highest BCUT2D eigenvalue weighted by Gasteiger charge is 2.26. The predicted octanol–water partition coefficient (Wildman–Crippen LogP) is 1.34. The van der Waals surface area contributed by atoms with Crippen molar-refractivity contribution in [1.29, 1.82) is 0 Å². The van der Waals surface area contributed by atoms with Crippen LogP contribution in [0.3, 0.4) is 0 Å². The first-order valence-electron chi connectivity index (χ1n) is 4.29. The number of nitrogens with two attached hydrogens (primary N) is 2. The molecular formula is C9H10F3N3O. The van der Waals surface area contributed by atoms with E-state index in [1.165, 1.54) is 18.2 Å². The Balaban J connectivity index is 2.86. The minimum Gasteiger partial charge on any atom is -0.397 e. The summed E-state index contributed by atoms with van der Waals surface area (Å²) in [4.78, 5) is 10.8. The average Bonchev–Trinajstić information content (AvgIpc) is 2.14. The average molecular weight is 233 g/mol. The van der Waals surface area contributed by atoms with Crippen LogP contribution in [0, 0.1) is 0 Å². The van der Waals surface area contributed by atoms with Crippen LogP contribution in [-0.2, 0) is 0 Å². The van der Waals surface area contributed by atoms with E-state index in [0.29, 0.717) is 0 Å². The van der Waals surface area contributed by atoms with E-state index in [-0.39, 0.29) is 16.9 Å². The van der Waals surface area contributed by atoms with Gasteiger partial charge in [-0.1, -0.05) is 0 Å². The van der Waals surface area contributed by atoms with Crippen LogP contribution in [0.4, 0.5) is 24.5 Å². The molecule has 88 valence electrons. The van der Waals surface area contributed by atoms with Crippen LogP contribution in [0.25, 0.3) is 0 Å². The van der Waals surface area contributed by atoms with Gasteiger partial charge < -0.3 is 16.8 Å². The van der Waals surface area contributed by atoms with Crippen LogP contribution in [0.1, 0.15) is 10.4 Å². The van der Waals surface area contributed by atoms with E-state index in [2.05, 4.69) is 5.32 Å². The number of primary amides is 1. The van der Waals surface area contributed by atoms with Crippen LogP contribution in [0.15, 0.2) is 18.2 Å². The van der Waals surface area contributed by atoms with Crippen molar-refractivity contribution in [3.63, 3.8) is 0 Å². The molecule has 0 radical (unpaired) electrons. The molecule has 0 bridgehead atoms. The zero-order valence-corrected chi connectivity index (χ0v) is 8.14. The summed E-state index contributed by atoms with van der Waals surface area (Å²) in [5.41, 5.74) is 10.7. The normalized spacial score (nSPS) is 11.2. The molecule has 4 nitrogen and oxygen atoms in total. The molecule has 1 aromatic carbocycles. The first-order valence-corrected chi connectivity index (χ1v) is 4.29. The van der Waals surface area contributed by atoms with Crippen LogP contribution >= 0.6 is 0 Å². The number of halogens is 3. The van der Waals surface area contributed by atoms with Crippen molar-refractivity contribution in [3.8, 4) is 0 Å². The smallest absolute Gasteiger partial charge is 0.397 e. The number of hydrogen-bond donors (Lipinski definition) is 3. The number of amides is 1. The van der Waals surface area contributed by atoms with Crippen molar-refractivity contribution in [2.24, 2.45) is 5.73 Å². The lowest BCUT2D eigenvalue weighted by molar-refractivity contribution is -0.115. The molecule has 0 saturated carbocycles. The lowest BCUT2D eigenvalue weighted by Gasteiger charge is -2.12. The third kappa shape index (κ3) is 3.34. The number of rotatable bonds is 3. The van der Waals surface area contributed by atoms with Gasteiger partial charge in [-0.15, -0.1) is 0 Å². The SMILES string of the molecule is NC(=O)c1ccc(N)c(NCC(F)(F)F)c1. The molecule has 5 N–H and O–H groups in total. The fourth-order valence-electron chi connectivity index (χ4n) is 1.06. The van der Waals surface area contributed by atoms with Gasteiger partial charge in [0.1, 0.15) is 6.54 Å². The highest BCUT2D eigenvalue weighted by Crippen LogP contribution is 2.22. The summed E-state index contributed by atoms with van der Waals surface area (Å²) in [5, 5.41) is 2.09. The summed E-state index contributed by atoms with van der Waals surface area (Å²) in [5.74, 6) is -0.727. The molecule has 1 rings (SSSR count). The minimum absolute atomic E-state index is 0.0358. The number of carbonyl (C=O) groups is 1. The fourth-order valence-corrected chi connectivity index (χ4v) is 1.06. The van der Waals surface area contributed by atoms with Gasteiger partial charge in [-0.25, -0.2) is 0 Å². The lowest BCUT2D eigenvalue weighted by Crippen LogP contribution is -2.22. The molecule has 0 aliphatic carbocycles. The van der Waals surface area contributed by atoms with Gasteiger partial charge >= 0.3 is 6.18 Å². The van der Waals surface area contributed by atoms with Crippen molar-refractivity contribution < 1.29 is 18.0 Å². The quantitative estimate of drug-likeness (QED) is 0.689. The van der Waals surface area contributed by atoms with E-state index in [1.807, 2.05) is 0 Å². The Morgan fingerprint density at radius 2 is 2.00 bits per heavy atom. The topological polar surface area (TPSA) is 81.1 Å². The van der Waals surface area contributed by atoms with Crippen molar-refractivity contribution in [2.45, 2.75) is 6.18 Å². The molecule has 16 heavy (non-hydrogen) atoms. The second kappa shape index (κ2) is 4.30. The standard InChI is InChI=1S/C9H10F3N3O/c10-9(11,12)4-15-7-3-5(8(14)16)1-2-6(7)13/h1-3,15H,4,13H2,(H2,14,16). The van der Waals surface area contributed by atoms with Crippen LogP contribution < -0.4 is 16.8 Å². The number of alkyl halides is 3. The maximum Gasteiger partial charge on any atom is 0.405 e. The van der Waals surface area contributed by atoms with E-state index < -0.39 is 18.6 Å². The third-order valence-corrected chi connectivity index (χ3v) is 1.82. The van der Waals surface area contributed by atoms with Crippen molar-refractivity contribution in [3.05, 3.63) is 23.8 Å². The Hall–Kier alpha value is -1.92. The highest BCUT2D eigenvalue weighted by atomic mass is 19.4. The zero-order chi connectivity index (χ0) is 12.3. The molecular weight excluding hydrogens is 223 g/mol.